The van der Waals surface area contributed by atoms with E-state index < -0.39 is 0 Å². The largest absolute Gasteiger partial charge is 0.569 e. The van der Waals surface area contributed by atoms with Gasteiger partial charge in [-0.3, -0.25) is 0 Å². The van der Waals surface area contributed by atoms with Crippen LogP contribution in [0.15, 0.2) is 78.9 Å². The molecule has 1 aliphatic rings. The third-order valence-electron chi connectivity index (χ3n) is 5.92. The summed E-state index contributed by atoms with van der Waals surface area (Å²) >= 11 is 0. The quantitative estimate of drug-likeness (QED) is 0.472. The minimum Gasteiger partial charge on any atom is -0.537 e. The molecule has 0 aromatic heterocycles. The van der Waals surface area contributed by atoms with Gasteiger partial charge in [0.05, 0.1) is 0 Å². The van der Waals surface area contributed by atoms with E-state index in [0.29, 0.717) is 13.4 Å². The summed E-state index contributed by atoms with van der Waals surface area (Å²) in [6.07, 6.45) is 0. The Morgan fingerprint density at radius 3 is 2.25 bits per heavy atom. The molecule has 2 nitrogen and oxygen atoms in total. The smallest absolute Gasteiger partial charge is 0.537 e. The second-order valence-corrected chi connectivity index (χ2v) is 7.88. The van der Waals surface area contributed by atoms with Crippen LogP contribution < -0.4 is 4.65 Å². The van der Waals surface area contributed by atoms with Crippen LogP contribution in [-0.4, -0.2) is 12.7 Å². The van der Waals surface area contributed by atoms with Gasteiger partial charge in [0.15, 0.2) is 0 Å². The standard InChI is InChI=1S/C25H20BO2/c1-25(2)23-6-4-3-5-21(23)22-12-10-19(15-24(22)25)16-7-8-18-14-20(28-26-27)11-9-17(18)13-16/h3-15,27H,1-2H3. The average molecular weight is 363 g/mol. The van der Waals surface area contributed by atoms with Gasteiger partial charge < -0.3 is 9.68 Å². The van der Waals surface area contributed by atoms with Crippen molar-refractivity contribution in [1.29, 1.82) is 0 Å². The Bertz CT molecular complexity index is 1210. The molecule has 0 saturated carbocycles. The summed E-state index contributed by atoms with van der Waals surface area (Å²) in [5, 5.41) is 11.0. The van der Waals surface area contributed by atoms with Gasteiger partial charge in [-0.15, -0.1) is 0 Å². The summed E-state index contributed by atoms with van der Waals surface area (Å²) in [6.45, 7) is 4.61. The zero-order chi connectivity index (χ0) is 19.3. The molecule has 0 saturated heterocycles. The molecule has 0 amide bonds. The average Bonchev–Trinajstić information content (AvgIpc) is 2.95. The van der Waals surface area contributed by atoms with Crippen molar-refractivity contribution in [3.63, 3.8) is 0 Å². The van der Waals surface area contributed by atoms with E-state index in [2.05, 4.69) is 74.5 Å². The second kappa shape index (κ2) is 6.25. The van der Waals surface area contributed by atoms with Gasteiger partial charge in [0.2, 0.25) is 0 Å². The highest BCUT2D eigenvalue weighted by Gasteiger charge is 2.35. The Kier molecular flexibility index (Phi) is 3.82. The van der Waals surface area contributed by atoms with E-state index in [1.54, 1.807) is 0 Å². The molecule has 1 N–H and O–H groups in total. The Balaban J connectivity index is 1.60. The lowest BCUT2D eigenvalue weighted by atomic mass is 9.81. The highest BCUT2D eigenvalue weighted by molar-refractivity contribution is 6.17. The maximum atomic E-state index is 8.82. The maximum Gasteiger partial charge on any atom is 0.569 e. The SMILES string of the molecule is CC1(C)c2ccccc2-c2ccc(-c3ccc4cc(O[B]O)ccc4c3)cc21. The summed E-state index contributed by atoms with van der Waals surface area (Å²) in [5.41, 5.74) is 7.90. The predicted molar refractivity (Wildman–Crippen MR) is 116 cm³/mol. The van der Waals surface area contributed by atoms with Crippen LogP contribution in [0.25, 0.3) is 33.0 Å². The number of rotatable bonds is 3. The molecule has 0 aliphatic heterocycles. The van der Waals surface area contributed by atoms with Crippen molar-refractivity contribution in [3.05, 3.63) is 90.0 Å². The zero-order valence-electron chi connectivity index (χ0n) is 15.9. The summed E-state index contributed by atoms with van der Waals surface area (Å²) < 4.78 is 5.06. The molecule has 4 aromatic carbocycles. The Morgan fingerprint density at radius 1 is 0.714 bits per heavy atom. The summed E-state index contributed by atoms with van der Waals surface area (Å²) in [7, 11) is 0.708. The fourth-order valence-corrected chi connectivity index (χ4v) is 4.42. The van der Waals surface area contributed by atoms with Crippen LogP contribution >= 0.6 is 0 Å². The van der Waals surface area contributed by atoms with Crippen LogP contribution in [0.1, 0.15) is 25.0 Å². The molecular formula is C25H20BO2. The molecule has 28 heavy (non-hydrogen) atoms. The summed E-state index contributed by atoms with van der Waals surface area (Å²) in [5.74, 6) is 0.625. The number of benzene rings is 4. The van der Waals surface area contributed by atoms with Gasteiger partial charge in [-0.25, -0.2) is 0 Å². The molecule has 0 unspecified atom stereocenters. The Hall–Kier alpha value is -3.04. The van der Waals surface area contributed by atoms with E-state index in [1.165, 1.54) is 33.4 Å². The van der Waals surface area contributed by atoms with E-state index in [9.17, 15) is 0 Å². The van der Waals surface area contributed by atoms with Crippen LogP contribution in [-0.2, 0) is 5.41 Å². The van der Waals surface area contributed by atoms with Gasteiger partial charge in [0.1, 0.15) is 5.75 Å². The summed E-state index contributed by atoms with van der Waals surface area (Å²) in [6, 6.07) is 27.8. The molecule has 1 radical (unpaired) electrons. The lowest BCUT2D eigenvalue weighted by molar-refractivity contribution is 0.454. The lowest BCUT2D eigenvalue weighted by Gasteiger charge is -2.22. The molecule has 0 atom stereocenters. The molecule has 0 fully saturated rings. The first-order chi connectivity index (χ1) is 13.6. The van der Waals surface area contributed by atoms with E-state index in [4.69, 9.17) is 9.68 Å². The topological polar surface area (TPSA) is 29.5 Å². The molecule has 135 valence electrons. The van der Waals surface area contributed by atoms with E-state index in [1.807, 2.05) is 18.2 Å². The molecule has 3 heteroatoms. The van der Waals surface area contributed by atoms with Crippen molar-refractivity contribution in [2.45, 2.75) is 19.3 Å². The normalized spacial score (nSPS) is 13.8. The first-order valence-corrected chi connectivity index (χ1v) is 9.49. The third-order valence-corrected chi connectivity index (χ3v) is 5.92. The van der Waals surface area contributed by atoms with Crippen molar-refractivity contribution in [2.75, 3.05) is 0 Å². The van der Waals surface area contributed by atoms with Crippen LogP contribution in [0.5, 0.6) is 5.75 Å². The minimum atomic E-state index is 0.00577. The third kappa shape index (κ3) is 2.55. The van der Waals surface area contributed by atoms with Crippen molar-refractivity contribution < 1.29 is 9.68 Å². The van der Waals surface area contributed by atoms with Crippen LogP contribution in [0, 0.1) is 0 Å². The monoisotopic (exact) mass is 363 g/mol. The lowest BCUT2D eigenvalue weighted by Crippen LogP contribution is -2.14. The van der Waals surface area contributed by atoms with E-state index in [0.717, 1.165) is 10.8 Å². The molecule has 5 rings (SSSR count). The van der Waals surface area contributed by atoms with E-state index in [-0.39, 0.29) is 5.41 Å². The number of fused-ring (bicyclic) bond motifs is 4. The van der Waals surface area contributed by atoms with Crippen molar-refractivity contribution in [2.24, 2.45) is 0 Å². The molecule has 4 aromatic rings. The molecule has 0 spiro atoms. The fraction of sp³-hybridized carbons (Fsp3) is 0.120. The predicted octanol–water partition coefficient (Wildman–Crippen LogP) is 5.72. The number of hydrogen-bond acceptors (Lipinski definition) is 2. The zero-order valence-corrected chi connectivity index (χ0v) is 15.9. The Morgan fingerprint density at radius 2 is 1.39 bits per heavy atom. The highest BCUT2D eigenvalue weighted by atomic mass is 16.5. The molecule has 1 aliphatic carbocycles. The van der Waals surface area contributed by atoms with Crippen molar-refractivity contribution in [1.82, 2.24) is 0 Å². The second-order valence-electron chi connectivity index (χ2n) is 7.88. The first kappa shape index (κ1) is 17.1. The van der Waals surface area contributed by atoms with Gasteiger partial charge in [-0.2, -0.15) is 0 Å². The van der Waals surface area contributed by atoms with Crippen LogP contribution in [0.2, 0.25) is 0 Å². The van der Waals surface area contributed by atoms with Gasteiger partial charge >= 0.3 is 7.69 Å². The highest BCUT2D eigenvalue weighted by Crippen LogP contribution is 2.49. The molecular weight excluding hydrogens is 343 g/mol. The van der Waals surface area contributed by atoms with E-state index >= 15 is 0 Å². The maximum absolute atomic E-state index is 8.82. The van der Waals surface area contributed by atoms with Crippen LogP contribution in [0.3, 0.4) is 0 Å². The summed E-state index contributed by atoms with van der Waals surface area (Å²) in [4.78, 5) is 0. The molecule has 0 bridgehead atoms. The van der Waals surface area contributed by atoms with Gasteiger partial charge in [0.25, 0.3) is 0 Å². The van der Waals surface area contributed by atoms with Gasteiger partial charge in [-0.05, 0) is 68.4 Å². The minimum absolute atomic E-state index is 0.00577. The fourth-order valence-electron chi connectivity index (χ4n) is 4.42. The van der Waals surface area contributed by atoms with Crippen LogP contribution in [0.4, 0.5) is 0 Å². The number of hydrogen-bond donors (Lipinski definition) is 1. The van der Waals surface area contributed by atoms with Gasteiger partial charge in [0, 0.05) is 5.41 Å². The molecule has 0 heterocycles. The first-order valence-electron chi connectivity index (χ1n) is 9.49. The Labute approximate surface area is 165 Å². The van der Waals surface area contributed by atoms with Crippen molar-refractivity contribution >= 4 is 18.5 Å². The van der Waals surface area contributed by atoms with Gasteiger partial charge in [-0.1, -0.05) is 68.4 Å². The van der Waals surface area contributed by atoms with Crippen molar-refractivity contribution in [3.8, 4) is 28.0 Å².